The minimum absolute atomic E-state index is 0.658. The van der Waals surface area contributed by atoms with Gasteiger partial charge in [0.1, 0.15) is 5.75 Å². The number of rotatable bonds is 6. The lowest BCUT2D eigenvalue weighted by Crippen LogP contribution is -2.33. The van der Waals surface area contributed by atoms with E-state index in [-0.39, 0.29) is 0 Å². The van der Waals surface area contributed by atoms with Gasteiger partial charge in [0.25, 0.3) is 0 Å². The molecule has 1 aromatic carbocycles. The van der Waals surface area contributed by atoms with Crippen LogP contribution in [0.5, 0.6) is 5.75 Å². The zero-order chi connectivity index (χ0) is 14.7. The van der Waals surface area contributed by atoms with E-state index in [0.29, 0.717) is 5.92 Å². The molecule has 0 spiro atoms. The molecule has 2 heteroatoms. The van der Waals surface area contributed by atoms with Crippen molar-refractivity contribution in [2.75, 3.05) is 13.7 Å². The highest BCUT2D eigenvalue weighted by atomic mass is 16.5. The molecule has 2 fully saturated rings. The SMILES string of the molecule is CCC1CCC(CNC2CC2)C(c2ccccc2OC)C1. The largest absolute Gasteiger partial charge is 0.496 e. The average Bonchev–Trinajstić information content (AvgIpc) is 3.37. The van der Waals surface area contributed by atoms with Crippen molar-refractivity contribution in [1.29, 1.82) is 0 Å². The fraction of sp³-hybridized carbons (Fsp3) is 0.684. The molecular weight excluding hydrogens is 258 g/mol. The van der Waals surface area contributed by atoms with Crippen molar-refractivity contribution in [3.8, 4) is 5.75 Å². The number of hydrogen-bond donors (Lipinski definition) is 1. The summed E-state index contributed by atoms with van der Waals surface area (Å²) in [5, 5.41) is 3.76. The van der Waals surface area contributed by atoms with E-state index in [1.807, 2.05) is 0 Å². The topological polar surface area (TPSA) is 21.3 Å². The molecule has 2 aliphatic rings. The maximum absolute atomic E-state index is 5.63. The van der Waals surface area contributed by atoms with Crippen LogP contribution in [0, 0.1) is 11.8 Å². The zero-order valence-corrected chi connectivity index (χ0v) is 13.5. The predicted octanol–water partition coefficient (Wildman–Crippen LogP) is 4.36. The Hall–Kier alpha value is -1.02. The Labute approximate surface area is 129 Å². The van der Waals surface area contributed by atoms with Crippen LogP contribution in [0.3, 0.4) is 0 Å². The molecular formula is C19H29NO. The van der Waals surface area contributed by atoms with Crippen LogP contribution < -0.4 is 10.1 Å². The van der Waals surface area contributed by atoms with Gasteiger partial charge in [-0.05, 0) is 61.6 Å². The smallest absolute Gasteiger partial charge is 0.122 e. The van der Waals surface area contributed by atoms with Crippen LogP contribution in [0.2, 0.25) is 0 Å². The standard InChI is InChI=1S/C19H29NO/c1-3-14-8-9-15(13-20-16-10-11-16)18(12-14)17-6-4-5-7-19(17)21-2/h4-7,14-16,18,20H,3,8-13H2,1-2H3. The molecule has 0 bridgehead atoms. The maximum Gasteiger partial charge on any atom is 0.122 e. The van der Waals surface area contributed by atoms with Gasteiger partial charge in [0.2, 0.25) is 0 Å². The van der Waals surface area contributed by atoms with Crippen LogP contribution in [-0.4, -0.2) is 19.7 Å². The molecule has 0 amide bonds. The van der Waals surface area contributed by atoms with Crippen molar-refractivity contribution in [3.63, 3.8) is 0 Å². The zero-order valence-electron chi connectivity index (χ0n) is 13.5. The predicted molar refractivity (Wildman–Crippen MR) is 87.9 cm³/mol. The molecule has 1 aromatic rings. The van der Waals surface area contributed by atoms with Gasteiger partial charge in [-0.25, -0.2) is 0 Å². The summed E-state index contributed by atoms with van der Waals surface area (Å²) in [6.45, 7) is 3.52. The van der Waals surface area contributed by atoms with Crippen LogP contribution >= 0.6 is 0 Å². The third kappa shape index (κ3) is 3.60. The molecule has 3 unspecified atom stereocenters. The number of ether oxygens (including phenoxy) is 1. The molecule has 0 saturated heterocycles. The summed E-state index contributed by atoms with van der Waals surface area (Å²) in [6.07, 6.45) is 8.16. The quantitative estimate of drug-likeness (QED) is 0.839. The summed E-state index contributed by atoms with van der Waals surface area (Å²) >= 11 is 0. The van der Waals surface area contributed by atoms with E-state index in [0.717, 1.165) is 23.6 Å². The monoisotopic (exact) mass is 287 g/mol. The molecule has 2 nitrogen and oxygen atoms in total. The Morgan fingerprint density at radius 3 is 2.67 bits per heavy atom. The lowest BCUT2D eigenvalue weighted by Gasteiger charge is -2.37. The Morgan fingerprint density at radius 2 is 1.95 bits per heavy atom. The average molecular weight is 287 g/mol. The van der Waals surface area contributed by atoms with E-state index in [9.17, 15) is 0 Å². The van der Waals surface area contributed by atoms with Crippen LogP contribution in [0.4, 0.5) is 0 Å². The van der Waals surface area contributed by atoms with E-state index >= 15 is 0 Å². The van der Waals surface area contributed by atoms with Gasteiger partial charge < -0.3 is 10.1 Å². The van der Waals surface area contributed by atoms with Gasteiger partial charge in [0, 0.05) is 6.04 Å². The first kappa shape index (κ1) is 14.9. The Kier molecular flexibility index (Phi) is 4.84. The van der Waals surface area contributed by atoms with Gasteiger partial charge >= 0.3 is 0 Å². The summed E-state index contributed by atoms with van der Waals surface area (Å²) in [7, 11) is 1.80. The third-order valence-electron chi connectivity index (χ3n) is 5.46. The summed E-state index contributed by atoms with van der Waals surface area (Å²) in [6, 6.07) is 9.47. The number of methoxy groups -OCH3 is 1. The molecule has 21 heavy (non-hydrogen) atoms. The van der Waals surface area contributed by atoms with Gasteiger partial charge in [-0.15, -0.1) is 0 Å². The first-order valence-electron chi connectivity index (χ1n) is 8.68. The number of para-hydroxylation sites is 1. The maximum atomic E-state index is 5.63. The van der Waals surface area contributed by atoms with Crippen molar-refractivity contribution in [3.05, 3.63) is 29.8 Å². The Bertz CT molecular complexity index is 455. The highest BCUT2D eigenvalue weighted by Crippen LogP contribution is 2.44. The summed E-state index contributed by atoms with van der Waals surface area (Å²) in [4.78, 5) is 0. The normalized spacial score (nSPS) is 29.3. The van der Waals surface area contributed by atoms with Gasteiger partial charge in [-0.1, -0.05) is 38.0 Å². The van der Waals surface area contributed by atoms with E-state index in [4.69, 9.17) is 4.74 Å². The Morgan fingerprint density at radius 1 is 1.14 bits per heavy atom. The molecule has 116 valence electrons. The van der Waals surface area contributed by atoms with Crippen molar-refractivity contribution in [1.82, 2.24) is 5.32 Å². The number of nitrogens with one attached hydrogen (secondary N) is 1. The van der Waals surface area contributed by atoms with Crippen molar-refractivity contribution < 1.29 is 4.74 Å². The minimum atomic E-state index is 0.658. The second kappa shape index (κ2) is 6.83. The minimum Gasteiger partial charge on any atom is -0.496 e. The van der Waals surface area contributed by atoms with E-state index < -0.39 is 0 Å². The fourth-order valence-electron chi connectivity index (χ4n) is 3.89. The van der Waals surface area contributed by atoms with Gasteiger partial charge in [0.05, 0.1) is 7.11 Å². The number of benzene rings is 1. The molecule has 2 saturated carbocycles. The molecule has 0 heterocycles. The fourth-order valence-corrected chi connectivity index (χ4v) is 3.89. The number of hydrogen-bond acceptors (Lipinski definition) is 2. The van der Waals surface area contributed by atoms with E-state index in [1.54, 1.807) is 7.11 Å². The van der Waals surface area contributed by atoms with Gasteiger partial charge in [-0.2, -0.15) is 0 Å². The lowest BCUT2D eigenvalue weighted by molar-refractivity contribution is 0.221. The molecule has 2 aliphatic carbocycles. The molecule has 1 N–H and O–H groups in total. The molecule has 3 rings (SSSR count). The molecule has 0 radical (unpaired) electrons. The lowest BCUT2D eigenvalue weighted by atomic mass is 9.70. The first-order valence-corrected chi connectivity index (χ1v) is 8.68. The van der Waals surface area contributed by atoms with Crippen molar-refractivity contribution in [2.24, 2.45) is 11.8 Å². The highest BCUT2D eigenvalue weighted by molar-refractivity contribution is 5.37. The van der Waals surface area contributed by atoms with Gasteiger partial charge in [-0.3, -0.25) is 0 Å². The third-order valence-corrected chi connectivity index (χ3v) is 5.46. The van der Waals surface area contributed by atoms with Crippen molar-refractivity contribution >= 4 is 0 Å². The molecule has 3 atom stereocenters. The van der Waals surface area contributed by atoms with Gasteiger partial charge in [0.15, 0.2) is 0 Å². The van der Waals surface area contributed by atoms with E-state index in [1.165, 1.54) is 50.6 Å². The van der Waals surface area contributed by atoms with Crippen LogP contribution in [-0.2, 0) is 0 Å². The molecule has 0 aromatic heterocycles. The van der Waals surface area contributed by atoms with Crippen LogP contribution in [0.25, 0.3) is 0 Å². The second-order valence-corrected chi connectivity index (χ2v) is 6.88. The molecule has 0 aliphatic heterocycles. The Balaban J connectivity index is 1.77. The van der Waals surface area contributed by atoms with Crippen molar-refractivity contribution in [2.45, 2.75) is 57.4 Å². The summed E-state index contributed by atoms with van der Waals surface area (Å²) in [5.74, 6) is 3.39. The van der Waals surface area contributed by atoms with Crippen LogP contribution in [0.1, 0.15) is 56.9 Å². The summed E-state index contributed by atoms with van der Waals surface area (Å²) in [5.41, 5.74) is 1.43. The van der Waals surface area contributed by atoms with E-state index in [2.05, 4.69) is 36.5 Å². The van der Waals surface area contributed by atoms with Crippen LogP contribution in [0.15, 0.2) is 24.3 Å². The summed E-state index contributed by atoms with van der Waals surface area (Å²) < 4.78 is 5.63. The second-order valence-electron chi connectivity index (χ2n) is 6.88. The highest BCUT2D eigenvalue weighted by Gasteiger charge is 2.33. The first-order chi connectivity index (χ1) is 10.3.